The molecule has 10 aromatic rings. The maximum absolute atomic E-state index is 6.80. The molecule has 5 heteroatoms. The van der Waals surface area contributed by atoms with Crippen LogP contribution in [0, 0.1) is 0 Å². The molecule has 5 nitrogen and oxygen atoms in total. The van der Waals surface area contributed by atoms with Gasteiger partial charge in [0.1, 0.15) is 5.58 Å². The quantitative estimate of drug-likeness (QED) is 0.188. The van der Waals surface area contributed by atoms with Crippen LogP contribution in [0.1, 0.15) is 0 Å². The summed E-state index contributed by atoms with van der Waals surface area (Å²) in [7, 11) is 0. The molecule has 0 bridgehead atoms. The topological polar surface area (TPSA) is 56.7 Å². The number of aromatic nitrogens is 4. The molecule has 0 amide bonds. The Hall–Kier alpha value is -6.85. The first kappa shape index (κ1) is 28.2. The molecular formula is C45H28N4O. The van der Waals surface area contributed by atoms with Gasteiger partial charge in [-0.1, -0.05) is 133 Å². The molecule has 0 radical (unpaired) electrons. The van der Waals surface area contributed by atoms with Gasteiger partial charge in [0.2, 0.25) is 0 Å². The Bertz CT molecular complexity index is 2800. The molecule has 0 fully saturated rings. The van der Waals surface area contributed by atoms with Crippen LogP contribution in [0.25, 0.3) is 94.7 Å². The van der Waals surface area contributed by atoms with Gasteiger partial charge in [-0.05, 0) is 47.5 Å². The molecule has 0 aliphatic heterocycles. The highest BCUT2D eigenvalue weighted by Gasteiger charge is 2.19. The lowest BCUT2D eigenvalue weighted by Gasteiger charge is -2.09. The molecule has 0 saturated carbocycles. The number of para-hydroxylation sites is 2. The van der Waals surface area contributed by atoms with Gasteiger partial charge in [-0.15, -0.1) is 0 Å². The molecule has 50 heavy (non-hydrogen) atoms. The van der Waals surface area contributed by atoms with Crippen LogP contribution in [0.2, 0.25) is 0 Å². The number of hydrogen-bond donors (Lipinski definition) is 0. The molecule has 0 saturated heterocycles. The van der Waals surface area contributed by atoms with Crippen LogP contribution in [-0.4, -0.2) is 19.5 Å². The van der Waals surface area contributed by atoms with Gasteiger partial charge in [0.15, 0.2) is 23.1 Å². The summed E-state index contributed by atoms with van der Waals surface area (Å²) < 4.78 is 9.13. The van der Waals surface area contributed by atoms with Crippen LogP contribution in [-0.2, 0) is 0 Å². The van der Waals surface area contributed by atoms with Crippen molar-refractivity contribution in [3.8, 4) is 51.0 Å². The van der Waals surface area contributed by atoms with Crippen molar-refractivity contribution in [1.29, 1.82) is 0 Å². The van der Waals surface area contributed by atoms with Crippen molar-refractivity contribution in [2.24, 2.45) is 0 Å². The van der Waals surface area contributed by atoms with Gasteiger partial charge in [0, 0.05) is 38.2 Å². The molecule has 0 aliphatic rings. The highest BCUT2D eigenvalue weighted by molar-refractivity contribution is 6.13. The van der Waals surface area contributed by atoms with Crippen LogP contribution in [0.4, 0.5) is 0 Å². The first-order valence-corrected chi connectivity index (χ1v) is 16.7. The van der Waals surface area contributed by atoms with E-state index in [1.165, 1.54) is 21.9 Å². The zero-order chi connectivity index (χ0) is 33.0. The molecule has 0 spiro atoms. The Balaban J connectivity index is 1.15. The van der Waals surface area contributed by atoms with Crippen molar-refractivity contribution in [3.05, 3.63) is 170 Å². The summed E-state index contributed by atoms with van der Waals surface area (Å²) >= 11 is 0. The lowest BCUT2D eigenvalue weighted by molar-refractivity contribution is 0.666. The fourth-order valence-corrected chi connectivity index (χ4v) is 7.08. The predicted molar refractivity (Wildman–Crippen MR) is 203 cm³/mol. The molecule has 0 unspecified atom stereocenters. The van der Waals surface area contributed by atoms with E-state index in [0.717, 1.165) is 55.3 Å². The van der Waals surface area contributed by atoms with E-state index >= 15 is 0 Å². The fourth-order valence-electron chi connectivity index (χ4n) is 7.08. The third-order valence-corrected chi connectivity index (χ3v) is 9.46. The molecule has 3 heterocycles. The highest BCUT2D eigenvalue weighted by atomic mass is 16.3. The van der Waals surface area contributed by atoms with Gasteiger partial charge < -0.3 is 8.98 Å². The van der Waals surface area contributed by atoms with E-state index in [1.807, 2.05) is 60.7 Å². The summed E-state index contributed by atoms with van der Waals surface area (Å²) in [5.41, 5.74) is 10.00. The van der Waals surface area contributed by atoms with E-state index in [2.05, 4.69) is 114 Å². The zero-order valence-corrected chi connectivity index (χ0v) is 26.9. The molecule has 0 aliphatic carbocycles. The normalized spacial score (nSPS) is 11.6. The second-order valence-electron chi connectivity index (χ2n) is 12.5. The van der Waals surface area contributed by atoms with E-state index in [-0.39, 0.29) is 0 Å². The van der Waals surface area contributed by atoms with Gasteiger partial charge in [0.25, 0.3) is 0 Å². The SMILES string of the molecule is c1ccc(-c2ccc3c(c2)c2ccccc2n3-c2cccc3c2oc2cc(-c4nc(-c5ccccc5)nc(-c5ccccc5)n4)ccc23)cc1. The second kappa shape index (κ2) is 11.4. The van der Waals surface area contributed by atoms with Crippen molar-refractivity contribution < 1.29 is 4.42 Å². The second-order valence-corrected chi connectivity index (χ2v) is 12.5. The Labute approximate surface area is 287 Å². The van der Waals surface area contributed by atoms with Crippen LogP contribution in [0.15, 0.2) is 174 Å². The summed E-state index contributed by atoms with van der Waals surface area (Å²) in [6, 6.07) is 58.6. The minimum absolute atomic E-state index is 0.594. The van der Waals surface area contributed by atoms with E-state index < -0.39 is 0 Å². The Morgan fingerprint density at radius 1 is 0.360 bits per heavy atom. The summed E-state index contributed by atoms with van der Waals surface area (Å²) in [6.07, 6.45) is 0. The number of fused-ring (bicyclic) bond motifs is 6. The Kier molecular flexibility index (Phi) is 6.42. The summed E-state index contributed by atoms with van der Waals surface area (Å²) in [5, 5.41) is 4.50. The number of furan rings is 1. The average Bonchev–Trinajstić information content (AvgIpc) is 3.74. The van der Waals surface area contributed by atoms with Crippen LogP contribution in [0.3, 0.4) is 0 Å². The monoisotopic (exact) mass is 640 g/mol. The first-order valence-electron chi connectivity index (χ1n) is 16.7. The number of hydrogen-bond acceptors (Lipinski definition) is 4. The van der Waals surface area contributed by atoms with Crippen molar-refractivity contribution in [2.45, 2.75) is 0 Å². The smallest absolute Gasteiger partial charge is 0.164 e. The van der Waals surface area contributed by atoms with Crippen LogP contribution in [0.5, 0.6) is 0 Å². The van der Waals surface area contributed by atoms with E-state index in [4.69, 9.17) is 19.4 Å². The predicted octanol–water partition coefficient (Wildman–Crippen LogP) is 11.5. The molecule has 0 N–H and O–H groups in total. The molecule has 3 aromatic heterocycles. The number of rotatable bonds is 5. The highest BCUT2D eigenvalue weighted by Crippen LogP contribution is 2.40. The molecule has 10 rings (SSSR count). The van der Waals surface area contributed by atoms with Gasteiger partial charge in [-0.3, -0.25) is 0 Å². The average molecular weight is 641 g/mol. The van der Waals surface area contributed by atoms with E-state index in [0.29, 0.717) is 17.5 Å². The minimum atomic E-state index is 0.594. The van der Waals surface area contributed by atoms with Crippen molar-refractivity contribution in [3.63, 3.8) is 0 Å². The van der Waals surface area contributed by atoms with Gasteiger partial charge in [0.05, 0.1) is 16.7 Å². The lowest BCUT2D eigenvalue weighted by atomic mass is 10.0. The Morgan fingerprint density at radius 3 is 1.62 bits per heavy atom. The fraction of sp³-hybridized carbons (Fsp3) is 0. The lowest BCUT2D eigenvalue weighted by Crippen LogP contribution is -2.00. The van der Waals surface area contributed by atoms with Crippen molar-refractivity contribution in [2.75, 3.05) is 0 Å². The van der Waals surface area contributed by atoms with Crippen molar-refractivity contribution in [1.82, 2.24) is 19.5 Å². The molecule has 234 valence electrons. The Morgan fingerprint density at radius 2 is 0.920 bits per heavy atom. The van der Waals surface area contributed by atoms with Gasteiger partial charge >= 0.3 is 0 Å². The third-order valence-electron chi connectivity index (χ3n) is 9.46. The largest absolute Gasteiger partial charge is 0.454 e. The van der Waals surface area contributed by atoms with E-state index in [1.54, 1.807) is 0 Å². The van der Waals surface area contributed by atoms with Crippen LogP contribution < -0.4 is 0 Å². The van der Waals surface area contributed by atoms with Crippen LogP contribution >= 0.6 is 0 Å². The number of benzene rings is 7. The maximum atomic E-state index is 6.80. The first-order chi connectivity index (χ1) is 24.8. The summed E-state index contributed by atoms with van der Waals surface area (Å²) in [6.45, 7) is 0. The summed E-state index contributed by atoms with van der Waals surface area (Å²) in [4.78, 5) is 14.8. The third kappa shape index (κ3) is 4.60. The van der Waals surface area contributed by atoms with E-state index in [9.17, 15) is 0 Å². The van der Waals surface area contributed by atoms with Crippen molar-refractivity contribution >= 4 is 43.7 Å². The summed E-state index contributed by atoms with van der Waals surface area (Å²) in [5.74, 6) is 1.85. The van der Waals surface area contributed by atoms with Gasteiger partial charge in [-0.2, -0.15) is 0 Å². The molecular weight excluding hydrogens is 613 g/mol. The zero-order valence-electron chi connectivity index (χ0n) is 26.9. The van der Waals surface area contributed by atoms with Gasteiger partial charge in [-0.25, -0.2) is 15.0 Å². The molecule has 0 atom stereocenters. The maximum Gasteiger partial charge on any atom is 0.164 e. The standard InChI is InChI=1S/C45H28N4O/c1-4-13-29(14-5-1)32-24-26-39-37(27-32)34-19-10-11-21-38(34)49(39)40-22-12-20-36-35-25-23-33(28-41(35)50-42(36)40)45-47-43(30-15-6-2-7-16-30)46-44(48-45)31-17-8-3-9-18-31/h1-28H. The number of nitrogens with zero attached hydrogens (tertiary/aromatic N) is 4. The minimum Gasteiger partial charge on any atom is -0.454 e. The molecule has 7 aromatic carbocycles.